The van der Waals surface area contributed by atoms with Gasteiger partial charge in [0.25, 0.3) is 0 Å². The number of nitrogens with two attached hydrogens (primary N) is 1. The van der Waals surface area contributed by atoms with Crippen LogP contribution < -0.4 is 11.1 Å². The van der Waals surface area contributed by atoms with Crippen LogP contribution in [0.25, 0.3) is 0 Å². The first kappa shape index (κ1) is 14.2. The van der Waals surface area contributed by atoms with Crippen molar-refractivity contribution in [3.8, 4) is 5.75 Å². The van der Waals surface area contributed by atoms with Crippen molar-refractivity contribution in [2.24, 2.45) is 5.92 Å². The van der Waals surface area contributed by atoms with Crippen molar-refractivity contribution in [1.82, 2.24) is 10.2 Å². The minimum Gasteiger partial charge on any atom is -0.505 e. The SMILES string of the molecule is Nc1ccc(Br)c([C@@H](C2CCC2)N2CCNCC2)c1O. The second-order valence-electron chi connectivity index (χ2n) is 5.82. The van der Waals surface area contributed by atoms with Crippen LogP contribution in [0.1, 0.15) is 30.9 Å². The molecule has 110 valence electrons. The van der Waals surface area contributed by atoms with Gasteiger partial charge in [-0.2, -0.15) is 0 Å². The van der Waals surface area contributed by atoms with Gasteiger partial charge in [-0.05, 0) is 30.9 Å². The van der Waals surface area contributed by atoms with Crippen LogP contribution in [0, 0.1) is 5.92 Å². The summed E-state index contributed by atoms with van der Waals surface area (Å²) in [5.41, 5.74) is 7.37. The van der Waals surface area contributed by atoms with E-state index < -0.39 is 0 Å². The summed E-state index contributed by atoms with van der Waals surface area (Å²) in [6.07, 6.45) is 3.79. The maximum atomic E-state index is 10.5. The summed E-state index contributed by atoms with van der Waals surface area (Å²) < 4.78 is 0.972. The van der Waals surface area contributed by atoms with E-state index in [-0.39, 0.29) is 11.8 Å². The maximum absolute atomic E-state index is 10.5. The number of halogens is 1. The van der Waals surface area contributed by atoms with E-state index in [9.17, 15) is 5.11 Å². The number of anilines is 1. The fourth-order valence-electron chi connectivity index (χ4n) is 3.31. The molecule has 0 aromatic heterocycles. The van der Waals surface area contributed by atoms with E-state index in [4.69, 9.17) is 5.73 Å². The molecule has 1 saturated carbocycles. The Kier molecular flexibility index (Phi) is 4.19. The summed E-state index contributed by atoms with van der Waals surface area (Å²) in [5, 5.41) is 13.8. The minimum atomic E-state index is 0.259. The summed E-state index contributed by atoms with van der Waals surface area (Å²) in [6.45, 7) is 4.09. The van der Waals surface area contributed by atoms with Gasteiger partial charge in [-0.15, -0.1) is 0 Å². The van der Waals surface area contributed by atoms with E-state index in [0.29, 0.717) is 11.6 Å². The van der Waals surface area contributed by atoms with E-state index >= 15 is 0 Å². The molecule has 0 spiro atoms. The Hall–Kier alpha value is -0.780. The summed E-state index contributed by atoms with van der Waals surface area (Å²) in [7, 11) is 0. The predicted molar refractivity (Wildman–Crippen MR) is 84.7 cm³/mol. The molecule has 0 radical (unpaired) electrons. The van der Waals surface area contributed by atoms with E-state index in [1.165, 1.54) is 19.3 Å². The maximum Gasteiger partial charge on any atom is 0.144 e. The standard InChI is InChI=1S/C15H22BrN3O/c16-11-4-5-12(17)15(20)13(11)14(10-2-1-3-10)19-8-6-18-7-9-19/h4-5,10,14,18,20H,1-3,6-9,17H2/t14-/m1/s1. The molecule has 0 amide bonds. The highest BCUT2D eigenvalue weighted by molar-refractivity contribution is 9.10. The largest absolute Gasteiger partial charge is 0.505 e. The molecule has 1 aliphatic carbocycles. The highest BCUT2D eigenvalue weighted by atomic mass is 79.9. The van der Waals surface area contributed by atoms with Gasteiger partial charge in [0.05, 0.1) is 5.69 Å². The summed E-state index contributed by atoms with van der Waals surface area (Å²) in [4.78, 5) is 2.50. The molecule has 2 fully saturated rings. The average molecular weight is 340 g/mol. The van der Waals surface area contributed by atoms with Gasteiger partial charge in [0, 0.05) is 42.3 Å². The van der Waals surface area contributed by atoms with Crippen molar-refractivity contribution < 1.29 is 5.11 Å². The van der Waals surface area contributed by atoms with Gasteiger partial charge < -0.3 is 16.2 Å². The number of phenolic OH excluding ortho intramolecular Hbond substituents is 1. The number of nitrogen functional groups attached to an aromatic ring is 1. The molecular formula is C15H22BrN3O. The minimum absolute atomic E-state index is 0.259. The predicted octanol–water partition coefficient (Wildman–Crippen LogP) is 2.48. The Balaban J connectivity index is 1.98. The zero-order chi connectivity index (χ0) is 14.1. The first-order chi connectivity index (χ1) is 9.68. The van der Waals surface area contributed by atoms with Crippen molar-refractivity contribution >= 4 is 21.6 Å². The number of hydrogen-bond donors (Lipinski definition) is 3. The van der Waals surface area contributed by atoms with E-state index in [1.807, 2.05) is 6.07 Å². The van der Waals surface area contributed by atoms with Gasteiger partial charge >= 0.3 is 0 Å². The Morgan fingerprint density at radius 3 is 2.60 bits per heavy atom. The first-order valence-corrected chi connectivity index (χ1v) is 8.19. The molecule has 1 aromatic carbocycles. The summed E-state index contributed by atoms with van der Waals surface area (Å²) in [6, 6.07) is 4.00. The zero-order valence-electron chi connectivity index (χ0n) is 11.6. The molecule has 1 aromatic rings. The second-order valence-corrected chi connectivity index (χ2v) is 6.68. The number of aromatic hydroxyl groups is 1. The lowest BCUT2D eigenvalue weighted by molar-refractivity contribution is 0.0815. The fraction of sp³-hybridized carbons (Fsp3) is 0.600. The lowest BCUT2D eigenvalue weighted by atomic mass is 9.76. The molecule has 20 heavy (non-hydrogen) atoms. The zero-order valence-corrected chi connectivity index (χ0v) is 13.2. The number of rotatable bonds is 3. The monoisotopic (exact) mass is 339 g/mol. The van der Waals surface area contributed by atoms with Crippen molar-refractivity contribution in [3.05, 3.63) is 22.2 Å². The Bertz CT molecular complexity index is 484. The topological polar surface area (TPSA) is 61.5 Å². The molecule has 5 heteroatoms. The van der Waals surface area contributed by atoms with Gasteiger partial charge in [0.2, 0.25) is 0 Å². The Morgan fingerprint density at radius 2 is 2.00 bits per heavy atom. The lowest BCUT2D eigenvalue weighted by Crippen LogP contribution is -2.48. The number of hydrogen-bond acceptors (Lipinski definition) is 4. The van der Waals surface area contributed by atoms with Crippen LogP contribution in [-0.4, -0.2) is 36.2 Å². The Labute approximate surface area is 128 Å². The van der Waals surface area contributed by atoms with Crippen LogP contribution in [0.3, 0.4) is 0 Å². The third-order valence-corrected chi connectivity index (χ3v) is 5.32. The van der Waals surface area contributed by atoms with Gasteiger partial charge in [-0.1, -0.05) is 22.4 Å². The van der Waals surface area contributed by atoms with Gasteiger partial charge in [0.1, 0.15) is 5.75 Å². The van der Waals surface area contributed by atoms with E-state index in [0.717, 1.165) is 36.2 Å². The molecule has 2 aliphatic rings. The van der Waals surface area contributed by atoms with Crippen molar-refractivity contribution in [3.63, 3.8) is 0 Å². The molecule has 0 bridgehead atoms. The van der Waals surface area contributed by atoms with Crippen molar-refractivity contribution in [2.75, 3.05) is 31.9 Å². The van der Waals surface area contributed by atoms with Gasteiger partial charge in [-0.25, -0.2) is 0 Å². The lowest BCUT2D eigenvalue weighted by Gasteiger charge is -2.43. The fourth-order valence-corrected chi connectivity index (χ4v) is 3.87. The number of piperazine rings is 1. The number of nitrogens with zero attached hydrogens (tertiary/aromatic N) is 1. The summed E-state index contributed by atoms with van der Waals surface area (Å²) in [5.74, 6) is 0.895. The van der Waals surface area contributed by atoms with Crippen LogP contribution in [0.4, 0.5) is 5.69 Å². The van der Waals surface area contributed by atoms with Crippen LogP contribution in [0.2, 0.25) is 0 Å². The molecule has 4 N–H and O–H groups in total. The van der Waals surface area contributed by atoms with Crippen molar-refractivity contribution in [2.45, 2.75) is 25.3 Å². The Morgan fingerprint density at radius 1 is 1.30 bits per heavy atom. The van der Waals surface area contributed by atoms with Gasteiger partial charge in [-0.3, -0.25) is 4.90 Å². The quantitative estimate of drug-likeness (QED) is 0.584. The van der Waals surface area contributed by atoms with E-state index in [1.54, 1.807) is 6.07 Å². The molecule has 1 heterocycles. The molecule has 1 atom stereocenters. The van der Waals surface area contributed by atoms with Crippen LogP contribution in [0.15, 0.2) is 16.6 Å². The molecule has 1 aliphatic heterocycles. The number of nitrogens with one attached hydrogen (secondary N) is 1. The van der Waals surface area contributed by atoms with Crippen molar-refractivity contribution in [1.29, 1.82) is 0 Å². The smallest absolute Gasteiger partial charge is 0.144 e. The number of phenols is 1. The van der Waals surface area contributed by atoms with E-state index in [2.05, 4.69) is 26.1 Å². The summed E-state index contributed by atoms with van der Waals surface area (Å²) >= 11 is 3.61. The highest BCUT2D eigenvalue weighted by Gasteiger charge is 2.36. The number of benzene rings is 1. The molecule has 3 rings (SSSR count). The second kappa shape index (κ2) is 5.92. The highest BCUT2D eigenvalue weighted by Crippen LogP contribution is 2.47. The molecule has 4 nitrogen and oxygen atoms in total. The molecule has 1 saturated heterocycles. The first-order valence-electron chi connectivity index (χ1n) is 7.40. The van der Waals surface area contributed by atoms with Gasteiger partial charge in [0.15, 0.2) is 0 Å². The van der Waals surface area contributed by atoms with Crippen LogP contribution in [0.5, 0.6) is 5.75 Å². The average Bonchev–Trinajstić information content (AvgIpc) is 2.41. The van der Waals surface area contributed by atoms with Crippen LogP contribution >= 0.6 is 15.9 Å². The molecular weight excluding hydrogens is 318 g/mol. The van der Waals surface area contributed by atoms with Crippen LogP contribution in [-0.2, 0) is 0 Å². The third-order valence-electron chi connectivity index (χ3n) is 4.63. The third kappa shape index (κ3) is 2.54. The molecule has 0 unspecified atom stereocenters. The normalized spacial score (nSPS) is 22.4.